The third kappa shape index (κ3) is 3.10. The van der Waals surface area contributed by atoms with Crippen LogP contribution in [0.3, 0.4) is 0 Å². The summed E-state index contributed by atoms with van der Waals surface area (Å²) in [4.78, 5) is 18.1. The fourth-order valence-electron chi connectivity index (χ4n) is 1.76. The van der Waals surface area contributed by atoms with Gasteiger partial charge in [-0.1, -0.05) is 18.2 Å². The number of carbonyl (C=O) groups excluding carboxylic acids is 1. The van der Waals surface area contributed by atoms with Gasteiger partial charge in [-0.3, -0.25) is 4.79 Å². The number of anilines is 2. The van der Waals surface area contributed by atoms with Crippen LogP contribution in [-0.4, -0.2) is 24.5 Å². The maximum Gasteiger partial charge on any atom is 0.258 e. The highest BCUT2D eigenvalue weighted by Crippen LogP contribution is 2.16. The van der Waals surface area contributed by atoms with E-state index in [2.05, 4.69) is 10.3 Å². The molecule has 1 heterocycles. The van der Waals surface area contributed by atoms with Gasteiger partial charge in [-0.25, -0.2) is 4.98 Å². The Balaban J connectivity index is 2.15. The topological polar surface area (TPSA) is 45.2 Å². The largest absolute Gasteiger partial charge is 0.370 e. The smallest absolute Gasteiger partial charge is 0.258 e. The van der Waals surface area contributed by atoms with Gasteiger partial charge < -0.3 is 10.2 Å². The summed E-state index contributed by atoms with van der Waals surface area (Å²) >= 11 is 0. The van der Waals surface area contributed by atoms with E-state index in [1.165, 1.54) is 0 Å². The van der Waals surface area contributed by atoms with Gasteiger partial charge in [0.1, 0.15) is 5.82 Å². The van der Waals surface area contributed by atoms with Crippen LogP contribution in [-0.2, 0) is 0 Å². The SMILES string of the molecule is CCNc1ccc(N(C)C(=O)c2ccccc2)cn1. The molecular formula is C15H17N3O. The van der Waals surface area contributed by atoms with E-state index in [4.69, 9.17) is 0 Å². The third-order valence-corrected chi connectivity index (χ3v) is 2.82. The summed E-state index contributed by atoms with van der Waals surface area (Å²) in [5.41, 5.74) is 1.44. The van der Waals surface area contributed by atoms with Crippen LogP contribution in [0.25, 0.3) is 0 Å². The summed E-state index contributed by atoms with van der Waals surface area (Å²) in [5.74, 6) is 0.769. The number of nitrogens with one attached hydrogen (secondary N) is 1. The first-order valence-corrected chi connectivity index (χ1v) is 6.25. The first kappa shape index (κ1) is 13.1. The Morgan fingerprint density at radius 3 is 2.53 bits per heavy atom. The van der Waals surface area contributed by atoms with E-state index in [1.807, 2.05) is 37.3 Å². The number of hydrogen-bond acceptors (Lipinski definition) is 3. The van der Waals surface area contributed by atoms with Crippen molar-refractivity contribution in [2.45, 2.75) is 6.92 Å². The number of pyridine rings is 1. The van der Waals surface area contributed by atoms with Gasteiger partial charge in [-0.2, -0.15) is 0 Å². The normalized spacial score (nSPS) is 10.0. The van der Waals surface area contributed by atoms with Crippen molar-refractivity contribution >= 4 is 17.4 Å². The van der Waals surface area contributed by atoms with Gasteiger partial charge in [-0.15, -0.1) is 0 Å². The molecular weight excluding hydrogens is 238 g/mol. The van der Waals surface area contributed by atoms with Crippen molar-refractivity contribution < 1.29 is 4.79 Å². The maximum absolute atomic E-state index is 12.2. The van der Waals surface area contributed by atoms with E-state index in [-0.39, 0.29) is 5.91 Å². The molecule has 1 aromatic heterocycles. The lowest BCUT2D eigenvalue weighted by atomic mass is 10.2. The molecule has 2 aromatic rings. The minimum absolute atomic E-state index is 0.0430. The standard InChI is InChI=1S/C15H17N3O/c1-3-16-14-10-9-13(11-17-14)18(2)15(19)12-7-5-4-6-8-12/h4-11H,3H2,1-2H3,(H,16,17). The van der Waals surface area contributed by atoms with Crippen molar-refractivity contribution in [2.75, 3.05) is 23.8 Å². The highest BCUT2D eigenvalue weighted by atomic mass is 16.2. The zero-order valence-corrected chi connectivity index (χ0v) is 11.1. The quantitative estimate of drug-likeness (QED) is 0.913. The Morgan fingerprint density at radius 1 is 1.21 bits per heavy atom. The van der Waals surface area contributed by atoms with Crippen LogP contribution in [0.1, 0.15) is 17.3 Å². The summed E-state index contributed by atoms with van der Waals surface area (Å²) in [6, 6.07) is 13.0. The number of hydrogen-bond donors (Lipinski definition) is 1. The van der Waals surface area contributed by atoms with Gasteiger partial charge >= 0.3 is 0 Å². The Bertz CT molecular complexity index is 537. The minimum atomic E-state index is -0.0430. The lowest BCUT2D eigenvalue weighted by molar-refractivity contribution is 0.0993. The van der Waals surface area contributed by atoms with E-state index >= 15 is 0 Å². The Hall–Kier alpha value is -2.36. The van der Waals surface area contributed by atoms with Gasteiger partial charge in [0.15, 0.2) is 0 Å². The molecule has 4 heteroatoms. The molecule has 0 unspecified atom stereocenters. The van der Waals surface area contributed by atoms with Gasteiger partial charge in [0, 0.05) is 19.2 Å². The molecule has 0 saturated carbocycles. The highest BCUT2D eigenvalue weighted by Gasteiger charge is 2.12. The number of carbonyl (C=O) groups is 1. The van der Waals surface area contributed by atoms with E-state index in [0.29, 0.717) is 5.56 Å². The molecule has 1 amide bonds. The highest BCUT2D eigenvalue weighted by molar-refractivity contribution is 6.05. The number of amides is 1. The lowest BCUT2D eigenvalue weighted by Gasteiger charge is -2.17. The van der Waals surface area contributed by atoms with Gasteiger partial charge in [0.25, 0.3) is 5.91 Å². The summed E-state index contributed by atoms with van der Waals surface area (Å²) in [6.07, 6.45) is 1.69. The van der Waals surface area contributed by atoms with Gasteiger partial charge in [0.05, 0.1) is 11.9 Å². The minimum Gasteiger partial charge on any atom is -0.370 e. The molecule has 0 saturated heterocycles. The van der Waals surface area contributed by atoms with Crippen LogP contribution in [0.5, 0.6) is 0 Å². The third-order valence-electron chi connectivity index (χ3n) is 2.82. The Morgan fingerprint density at radius 2 is 1.95 bits per heavy atom. The monoisotopic (exact) mass is 255 g/mol. The molecule has 19 heavy (non-hydrogen) atoms. The first-order chi connectivity index (χ1) is 9.22. The van der Waals surface area contributed by atoms with Crippen LogP contribution < -0.4 is 10.2 Å². The molecule has 0 atom stereocenters. The van der Waals surface area contributed by atoms with Gasteiger partial charge in [-0.05, 0) is 31.2 Å². The van der Waals surface area contributed by atoms with E-state index in [1.54, 1.807) is 30.3 Å². The van der Waals surface area contributed by atoms with Crippen molar-refractivity contribution in [3.05, 3.63) is 54.2 Å². The van der Waals surface area contributed by atoms with Crippen LogP contribution >= 0.6 is 0 Å². The molecule has 2 rings (SSSR count). The lowest BCUT2D eigenvalue weighted by Crippen LogP contribution is -2.26. The van der Waals surface area contributed by atoms with Crippen molar-refractivity contribution in [3.63, 3.8) is 0 Å². The number of benzene rings is 1. The Kier molecular flexibility index (Phi) is 4.13. The number of rotatable bonds is 4. The number of aromatic nitrogens is 1. The zero-order chi connectivity index (χ0) is 13.7. The van der Waals surface area contributed by atoms with Crippen LogP contribution in [0.4, 0.5) is 11.5 Å². The molecule has 0 fully saturated rings. The van der Waals surface area contributed by atoms with E-state index < -0.39 is 0 Å². The zero-order valence-electron chi connectivity index (χ0n) is 11.1. The molecule has 0 spiro atoms. The molecule has 0 aliphatic heterocycles. The van der Waals surface area contributed by atoms with Crippen LogP contribution in [0, 0.1) is 0 Å². The average Bonchev–Trinajstić information content (AvgIpc) is 2.48. The predicted molar refractivity (Wildman–Crippen MR) is 77.6 cm³/mol. The molecule has 1 aromatic carbocycles. The average molecular weight is 255 g/mol. The van der Waals surface area contributed by atoms with E-state index in [0.717, 1.165) is 18.1 Å². The van der Waals surface area contributed by atoms with Crippen molar-refractivity contribution in [2.24, 2.45) is 0 Å². The van der Waals surface area contributed by atoms with Crippen LogP contribution in [0.2, 0.25) is 0 Å². The van der Waals surface area contributed by atoms with E-state index in [9.17, 15) is 4.79 Å². The van der Waals surface area contributed by atoms with Gasteiger partial charge in [0.2, 0.25) is 0 Å². The molecule has 0 aliphatic carbocycles. The number of nitrogens with zero attached hydrogens (tertiary/aromatic N) is 2. The second-order valence-corrected chi connectivity index (χ2v) is 4.16. The maximum atomic E-state index is 12.2. The second-order valence-electron chi connectivity index (χ2n) is 4.16. The Labute approximate surface area is 113 Å². The summed E-state index contributed by atoms with van der Waals surface area (Å²) < 4.78 is 0. The fourth-order valence-corrected chi connectivity index (χ4v) is 1.76. The molecule has 0 radical (unpaired) electrons. The summed E-state index contributed by atoms with van der Waals surface area (Å²) in [6.45, 7) is 2.84. The van der Waals surface area contributed by atoms with Crippen molar-refractivity contribution in [3.8, 4) is 0 Å². The molecule has 0 aliphatic rings. The molecule has 98 valence electrons. The van der Waals surface area contributed by atoms with Crippen molar-refractivity contribution in [1.82, 2.24) is 4.98 Å². The second kappa shape index (κ2) is 6.00. The predicted octanol–water partition coefficient (Wildman–Crippen LogP) is 2.79. The molecule has 0 bridgehead atoms. The molecule has 1 N–H and O–H groups in total. The fraction of sp³-hybridized carbons (Fsp3) is 0.200. The van der Waals surface area contributed by atoms with Crippen molar-refractivity contribution in [1.29, 1.82) is 0 Å². The molecule has 4 nitrogen and oxygen atoms in total. The first-order valence-electron chi connectivity index (χ1n) is 6.25. The van der Waals surface area contributed by atoms with Crippen LogP contribution in [0.15, 0.2) is 48.7 Å². The summed E-state index contributed by atoms with van der Waals surface area (Å²) in [5, 5.41) is 3.12. The summed E-state index contributed by atoms with van der Waals surface area (Å²) in [7, 11) is 1.75.